The van der Waals surface area contributed by atoms with E-state index in [0.717, 1.165) is 0 Å². The molecule has 1 amide bonds. The Morgan fingerprint density at radius 3 is 3.00 bits per heavy atom. The molecule has 0 bridgehead atoms. The number of hydrogen-bond acceptors (Lipinski definition) is 5. The van der Waals surface area contributed by atoms with E-state index in [1.165, 1.54) is 6.33 Å². The molecule has 4 N–H and O–H groups in total. The Morgan fingerprint density at radius 1 is 1.57 bits per heavy atom. The summed E-state index contributed by atoms with van der Waals surface area (Å²) in [5.41, 5.74) is 5.45. The third-order valence-corrected chi connectivity index (χ3v) is 1.63. The van der Waals surface area contributed by atoms with Gasteiger partial charge in [0.05, 0.1) is 0 Å². The van der Waals surface area contributed by atoms with Crippen LogP contribution in [-0.2, 0) is 4.79 Å². The number of amides is 1. The molecular formula is C8H13N5O. The van der Waals surface area contributed by atoms with Crippen molar-refractivity contribution in [2.45, 2.75) is 6.42 Å². The molecule has 1 aromatic heterocycles. The minimum atomic E-state index is -0.0143. The molecule has 0 aliphatic heterocycles. The topological polar surface area (TPSA) is 92.9 Å². The SMILES string of the molecule is CNC(=O)CCNc1cc(N)ncn1. The largest absolute Gasteiger partial charge is 0.384 e. The Hall–Kier alpha value is -1.85. The molecule has 6 nitrogen and oxygen atoms in total. The molecule has 0 spiro atoms. The van der Waals surface area contributed by atoms with Crippen molar-refractivity contribution in [1.82, 2.24) is 15.3 Å². The van der Waals surface area contributed by atoms with Crippen molar-refractivity contribution in [3.8, 4) is 0 Å². The monoisotopic (exact) mass is 195 g/mol. The van der Waals surface area contributed by atoms with Gasteiger partial charge in [0, 0.05) is 26.1 Å². The summed E-state index contributed by atoms with van der Waals surface area (Å²) in [4.78, 5) is 18.5. The second-order valence-electron chi connectivity index (χ2n) is 2.68. The van der Waals surface area contributed by atoms with Gasteiger partial charge in [0.25, 0.3) is 0 Å². The minimum Gasteiger partial charge on any atom is -0.384 e. The van der Waals surface area contributed by atoms with Crippen LogP contribution in [0, 0.1) is 0 Å². The maximum Gasteiger partial charge on any atom is 0.221 e. The van der Waals surface area contributed by atoms with Crippen LogP contribution in [0.4, 0.5) is 11.6 Å². The molecule has 0 atom stereocenters. The van der Waals surface area contributed by atoms with Gasteiger partial charge in [-0.2, -0.15) is 0 Å². The Morgan fingerprint density at radius 2 is 2.36 bits per heavy atom. The zero-order valence-corrected chi connectivity index (χ0v) is 7.95. The molecule has 0 aliphatic rings. The van der Waals surface area contributed by atoms with E-state index < -0.39 is 0 Å². The van der Waals surface area contributed by atoms with Crippen LogP contribution in [0.2, 0.25) is 0 Å². The molecule has 76 valence electrons. The summed E-state index contributed by atoms with van der Waals surface area (Å²) in [5.74, 6) is 1.02. The van der Waals surface area contributed by atoms with Gasteiger partial charge in [0.1, 0.15) is 18.0 Å². The Kier molecular flexibility index (Phi) is 3.66. The first-order chi connectivity index (χ1) is 6.72. The molecule has 0 aromatic carbocycles. The van der Waals surface area contributed by atoms with Crippen LogP contribution in [0.1, 0.15) is 6.42 Å². The number of rotatable bonds is 4. The summed E-state index contributed by atoms with van der Waals surface area (Å²) in [7, 11) is 1.60. The van der Waals surface area contributed by atoms with E-state index in [-0.39, 0.29) is 5.91 Å². The summed E-state index contributed by atoms with van der Waals surface area (Å²) in [6.45, 7) is 0.524. The number of nitrogens with two attached hydrogens (primary N) is 1. The van der Waals surface area contributed by atoms with Gasteiger partial charge >= 0.3 is 0 Å². The number of hydrogen-bond donors (Lipinski definition) is 3. The predicted molar refractivity (Wildman–Crippen MR) is 53.6 cm³/mol. The van der Waals surface area contributed by atoms with E-state index in [9.17, 15) is 4.79 Å². The van der Waals surface area contributed by atoms with E-state index in [0.29, 0.717) is 24.6 Å². The van der Waals surface area contributed by atoms with Crippen molar-refractivity contribution in [3.63, 3.8) is 0 Å². The average Bonchev–Trinajstić information content (AvgIpc) is 2.17. The number of anilines is 2. The van der Waals surface area contributed by atoms with Gasteiger partial charge in [-0.1, -0.05) is 0 Å². The third-order valence-electron chi connectivity index (χ3n) is 1.63. The first-order valence-electron chi connectivity index (χ1n) is 4.24. The van der Waals surface area contributed by atoms with Crippen LogP contribution in [0.5, 0.6) is 0 Å². The lowest BCUT2D eigenvalue weighted by Crippen LogP contribution is -2.21. The Balaban J connectivity index is 2.35. The zero-order valence-electron chi connectivity index (χ0n) is 7.95. The molecule has 0 radical (unpaired) electrons. The second-order valence-corrected chi connectivity index (χ2v) is 2.68. The molecule has 0 fully saturated rings. The van der Waals surface area contributed by atoms with Crippen molar-refractivity contribution < 1.29 is 4.79 Å². The summed E-state index contributed by atoms with van der Waals surface area (Å²) < 4.78 is 0. The standard InChI is InChI=1S/C8H13N5O/c1-10-8(14)2-3-11-7-4-6(9)12-5-13-7/h4-5H,2-3H2,1H3,(H,10,14)(H3,9,11,12,13). The minimum absolute atomic E-state index is 0.0143. The zero-order chi connectivity index (χ0) is 10.4. The number of nitrogens with zero attached hydrogens (tertiary/aromatic N) is 2. The molecular weight excluding hydrogens is 182 g/mol. The van der Waals surface area contributed by atoms with Crippen LogP contribution in [-0.4, -0.2) is 29.5 Å². The van der Waals surface area contributed by atoms with Crippen molar-refractivity contribution in [2.75, 3.05) is 24.6 Å². The van der Waals surface area contributed by atoms with E-state index in [1.54, 1.807) is 13.1 Å². The maximum atomic E-state index is 10.9. The molecule has 1 aromatic rings. The van der Waals surface area contributed by atoms with Crippen LogP contribution in [0.3, 0.4) is 0 Å². The molecule has 0 aliphatic carbocycles. The summed E-state index contributed by atoms with van der Waals surface area (Å²) in [6, 6.07) is 1.61. The lowest BCUT2D eigenvalue weighted by molar-refractivity contribution is -0.120. The molecule has 6 heteroatoms. The lowest BCUT2D eigenvalue weighted by atomic mass is 10.4. The van der Waals surface area contributed by atoms with E-state index in [4.69, 9.17) is 5.73 Å². The average molecular weight is 195 g/mol. The van der Waals surface area contributed by atoms with E-state index >= 15 is 0 Å². The second kappa shape index (κ2) is 5.00. The van der Waals surface area contributed by atoms with Gasteiger partial charge in [0.2, 0.25) is 5.91 Å². The fourth-order valence-electron chi connectivity index (χ4n) is 0.898. The fourth-order valence-corrected chi connectivity index (χ4v) is 0.898. The first-order valence-corrected chi connectivity index (χ1v) is 4.24. The van der Waals surface area contributed by atoms with Gasteiger partial charge in [0.15, 0.2) is 0 Å². The highest BCUT2D eigenvalue weighted by molar-refractivity contribution is 5.76. The highest BCUT2D eigenvalue weighted by atomic mass is 16.1. The Labute approximate surface area is 81.9 Å². The van der Waals surface area contributed by atoms with Crippen molar-refractivity contribution in [1.29, 1.82) is 0 Å². The van der Waals surface area contributed by atoms with Crippen molar-refractivity contribution in [3.05, 3.63) is 12.4 Å². The lowest BCUT2D eigenvalue weighted by Gasteiger charge is -2.04. The number of carbonyl (C=O) groups excluding carboxylic acids is 1. The van der Waals surface area contributed by atoms with Gasteiger partial charge in [-0.05, 0) is 0 Å². The number of nitrogen functional groups attached to an aromatic ring is 1. The predicted octanol–water partition coefficient (Wildman–Crippen LogP) is -0.393. The van der Waals surface area contributed by atoms with Crippen LogP contribution >= 0.6 is 0 Å². The third kappa shape index (κ3) is 3.26. The van der Waals surface area contributed by atoms with Crippen LogP contribution in [0.25, 0.3) is 0 Å². The molecule has 0 saturated carbocycles. The van der Waals surface area contributed by atoms with Gasteiger partial charge < -0.3 is 16.4 Å². The highest BCUT2D eigenvalue weighted by Crippen LogP contribution is 2.03. The summed E-state index contributed by atoms with van der Waals surface area (Å²) in [6.07, 6.45) is 1.78. The van der Waals surface area contributed by atoms with Crippen LogP contribution in [0.15, 0.2) is 12.4 Å². The van der Waals surface area contributed by atoms with Gasteiger partial charge in [-0.3, -0.25) is 4.79 Å². The molecule has 0 unspecified atom stereocenters. The normalized spacial score (nSPS) is 9.50. The fraction of sp³-hybridized carbons (Fsp3) is 0.375. The highest BCUT2D eigenvalue weighted by Gasteiger charge is 1.98. The molecule has 1 rings (SSSR count). The molecule has 1 heterocycles. The molecule has 14 heavy (non-hydrogen) atoms. The smallest absolute Gasteiger partial charge is 0.221 e. The van der Waals surface area contributed by atoms with Gasteiger partial charge in [-0.15, -0.1) is 0 Å². The first kappa shape index (κ1) is 10.2. The molecule has 0 saturated heterocycles. The van der Waals surface area contributed by atoms with E-state index in [2.05, 4.69) is 20.6 Å². The summed E-state index contributed by atoms with van der Waals surface area (Å²) >= 11 is 0. The maximum absolute atomic E-state index is 10.9. The number of nitrogens with one attached hydrogen (secondary N) is 2. The number of carbonyl (C=O) groups is 1. The van der Waals surface area contributed by atoms with E-state index in [1.807, 2.05) is 0 Å². The van der Waals surface area contributed by atoms with Crippen LogP contribution < -0.4 is 16.4 Å². The summed E-state index contributed by atoms with van der Waals surface area (Å²) in [5, 5.41) is 5.48. The Bertz CT molecular complexity index is 314. The van der Waals surface area contributed by atoms with Gasteiger partial charge in [-0.25, -0.2) is 9.97 Å². The van der Waals surface area contributed by atoms with Crippen molar-refractivity contribution in [2.24, 2.45) is 0 Å². The number of aromatic nitrogens is 2. The van der Waals surface area contributed by atoms with Crippen molar-refractivity contribution >= 4 is 17.5 Å². The quantitative estimate of drug-likeness (QED) is 0.608.